The maximum atomic E-state index is 12.3. The van der Waals surface area contributed by atoms with E-state index >= 15 is 0 Å². The van der Waals surface area contributed by atoms with Crippen LogP contribution in [0.15, 0.2) is 63.8 Å². The number of carbonyl (C=O) groups is 2. The molecule has 1 N–H and O–H groups in total. The van der Waals surface area contributed by atoms with E-state index in [-0.39, 0.29) is 18.5 Å². The standard InChI is InChI=1S/C22H24N2O5/c1-15(12-13-17-8-4-3-5-9-17)23-21(26)16(2)28-20(25)14-24-18-10-6-7-11-19(18)29-22(24)27/h3-11,15-16H,12-14H2,1-2H3,(H,23,26)/t15-,16+/m1/s1. The number of benzene rings is 2. The van der Waals surface area contributed by atoms with Crippen LogP contribution in [-0.2, 0) is 27.3 Å². The highest BCUT2D eigenvalue weighted by Gasteiger charge is 2.21. The van der Waals surface area contributed by atoms with Crippen LogP contribution in [0.2, 0.25) is 0 Å². The first-order chi connectivity index (χ1) is 13.9. The maximum absolute atomic E-state index is 12.3. The number of aromatic nitrogens is 1. The van der Waals surface area contributed by atoms with Crippen molar-refractivity contribution in [3.05, 3.63) is 70.7 Å². The molecule has 0 radical (unpaired) electrons. The van der Waals surface area contributed by atoms with Gasteiger partial charge in [0, 0.05) is 6.04 Å². The Morgan fingerprint density at radius 2 is 1.76 bits per heavy atom. The molecule has 1 heterocycles. The Balaban J connectivity index is 1.50. The van der Waals surface area contributed by atoms with Crippen molar-refractivity contribution in [2.24, 2.45) is 0 Å². The number of hydrogen-bond donors (Lipinski definition) is 1. The predicted octanol–water partition coefficient (Wildman–Crippen LogP) is 2.66. The Morgan fingerprint density at radius 1 is 1.07 bits per heavy atom. The first-order valence-corrected chi connectivity index (χ1v) is 9.56. The van der Waals surface area contributed by atoms with Crippen LogP contribution >= 0.6 is 0 Å². The minimum Gasteiger partial charge on any atom is -0.451 e. The number of fused-ring (bicyclic) bond motifs is 1. The fourth-order valence-electron chi connectivity index (χ4n) is 3.04. The molecule has 0 unspecified atom stereocenters. The molecule has 7 heteroatoms. The van der Waals surface area contributed by atoms with Crippen LogP contribution in [-0.4, -0.2) is 28.6 Å². The van der Waals surface area contributed by atoms with Crippen molar-refractivity contribution < 1.29 is 18.7 Å². The zero-order chi connectivity index (χ0) is 20.8. The minimum absolute atomic E-state index is 0.0655. The minimum atomic E-state index is -0.962. The third-order valence-electron chi connectivity index (χ3n) is 4.64. The molecular weight excluding hydrogens is 372 g/mol. The number of hydrogen-bond acceptors (Lipinski definition) is 5. The van der Waals surface area contributed by atoms with Gasteiger partial charge in [0.05, 0.1) is 5.52 Å². The molecular formula is C22H24N2O5. The van der Waals surface area contributed by atoms with E-state index in [4.69, 9.17) is 9.15 Å². The van der Waals surface area contributed by atoms with Gasteiger partial charge in [0.25, 0.3) is 5.91 Å². The van der Waals surface area contributed by atoms with Crippen molar-refractivity contribution in [3.63, 3.8) is 0 Å². The lowest BCUT2D eigenvalue weighted by molar-refractivity contribution is -0.155. The lowest BCUT2D eigenvalue weighted by Gasteiger charge is -2.18. The number of nitrogens with one attached hydrogen (secondary N) is 1. The Hall–Kier alpha value is -3.35. The van der Waals surface area contributed by atoms with E-state index < -0.39 is 17.8 Å². The fraction of sp³-hybridized carbons (Fsp3) is 0.318. The van der Waals surface area contributed by atoms with Gasteiger partial charge >= 0.3 is 11.7 Å². The van der Waals surface area contributed by atoms with Crippen LogP contribution in [0.4, 0.5) is 0 Å². The SMILES string of the molecule is C[C@H](CCc1ccccc1)NC(=O)[C@H](C)OC(=O)Cn1c(=O)oc2ccccc21. The molecule has 0 aliphatic heterocycles. The number of ether oxygens (including phenoxy) is 1. The summed E-state index contributed by atoms with van der Waals surface area (Å²) in [6.07, 6.45) is 0.648. The van der Waals surface area contributed by atoms with Crippen LogP contribution in [0.5, 0.6) is 0 Å². The average Bonchev–Trinajstić information content (AvgIpc) is 3.02. The van der Waals surface area contributed by atoms with Crippen LogP contribution in [0, 0.1) is 0 Å². The van der Waals surface area contributed by atoms with Crippen molar-refractivity contribution in [1.82, 2.24) is 9.88 Å². The Kier molecular flexibility index (Phi) is 6.49. The number of oxazole rings is 1. The summed E-state index contributed by atoms with van der Waals surface area (Å²) in [5.41, 5.74) is 2.09. The number of para-hydroxylation sites is 2. The van der Waals surface area contributed by atoms with Crippen molar-refractivity contribution >= 4 is 23.0 Å². The first-order valence-electron chi connectivity index (χ1n) is 9.56. The van der Waals surface area contributed by atoms with E-state index in [0.29, 0.717) is 11.1 Å². The molecule has 0 saturated carbocycles. The summed E-state index contributed by atoms with van der Waals surface area (Å²) in [5, 5.41) is 2.85. The molecule has 2 atom stereocenters. The molecule has 2 aromatic carbocycles. The molecule has 0 spiro atoms. The average molecular weight is 396 g/mol. The van der Waals surface area contributed by atoms with E-state index in [1.54, 1.807) is 24.3 Å². The van der Waals surface area contributed by atoms with Crippen LogP contribution < -0.4 is 11.1 Å². The molecule has 0 fully saturated rings. The summed E-state index contributed by atoms with van der Waals surface area (Å²) in [6.45, 7) is 3.09. The van der Waals surface area contributed by atoms with Crippen molar-refractivity contribution in [1.29, 1.82) is 0 Å². The van der Waals surface area contributed by atoms with Crippen LogP contribution in [0.25, 0.3) is 11.1 Å². The van der Waals surface area contributed by atoms with Crippen molar-refractivity contribution in [3.8, 4) is 0 Å². The number of carbonyl (C=O) groups excluding carboxylic acids is 2. The fourth-order valence-corrected chi connectivity index (χ4v) is 3.04. The second-order valence-electron chi connectivity index (χ2n) is 6.99. The van der Waals surface area contributed by atoms with Gasteiger partial charge in [0.2, 0.25) is 0 Å². The molecule has 29 heavy (non-hydrogen) atoms. The number of aryl methyl sites for hydroxylation is 1. The number of nitrogens with zero attached hydrogens (tertiary/aromatic N) is 1. The van der Waals surface area contributed by atoms with Crippen molar-refractivity contribution in [2.75, 3.05) is 0 Å². The van der Waals surface area contributed by atoms with Crippen molar-refractivity contribution in [2.45, 2.75) is 45.4 Å². The maximum Gasteiger partial charge on any atom is 0.420 e. The molecule has 3 rings (SSSR count). The molecule has 0 saturated heterocycles. The van der Waals surface area contributed by atoms with Gasteiger partial charge in [-0.1, -0.05) is 42.5 Å². The van der Waals surface area contributed by atoms with Gasteiger partial charge in [-0.2, -0.15) is 0 Å². The highest BCUT2D eigenvalue weighted by Crippen LogP contribution is 2.12. The molecule has 0 aliphatic carbocycles. The second-order valence-corrected chi connectivity index (χ2v) is 6.99. The molecule has 3 aromatic rings. The predicted molar refractivity (Wildman–Crippen MR) is 108 cm³/mol. The monoisotopic (exact) mass is 396 g/mol. The summed E-state index contributed by atoms with van der Waals surface area (Å²) >= 11 is 0. The summed E-state index contributed by atoms with van der Waals surface area (Å²) in [5.74, 6) is -1.70. The third kappa shape index (κ3) is 5.34. The quantitative estimate of drug-likeness (QED) is 0.591. The van der Waals surface area contributed by atoms with Gasteiger partial charge in [-0.25, -0.2) is 4.79 Å². The highest BCUT2D eigenvalue weighted by atomic mass is 16.5. The Labute approximate surface area is 168 Å². The number of esters is 1. The van der Waals surface area contributed by atoms with E-state index in [1.807, 2.05) is 37.3 Å². The van der Waals surface area contributed by atoms with Gasteiger partial charge in [-0.15, -0.1) is 0 Å². The van der Waals surface area contributed by atoms with Crippen LogP contribution in [0.3, 0.4) is 0 Å². The molecule has 0 aliphatic rings. The highest BCUT2D eigenvalue weighted by molar-refractivity contribution is 5.84. The molecule has 0 bridgehead atoms. The lowest BCUT2D eigenvalue weighted by Crippen LogP contribution is -2.41. The summed E-state index contributed by atoms with van der Waals surface area (Å²) < 4.78 is 11.5. The number of amides is 1. The van der Waals surface area contributed by atoms with E-state index in [2.05, 4.69) is 5.32 Å². The van der Waals surface area contributed by atoms with Gasteiger partial charge in [-0.3, -0.25) is 14.2 Å². The van der Waals surface area contributed by atoms with Gasteiger partial charge in [0.15, 0.2) is 11.7 Å². The van der Waals surface area contributed by atoms with Gasteiger partial charge in [0.1, 0.15) is 6.54 Å². The largest absolute Gasteiger partial charge is 0.451 e. The molecule has 7 nitrogen and oxygen atoms in total. The van der Waals surface area contributed by atoms with Crippen LogP contribution in [0.1, 0.15) is 25.8 Å². The first kappa shape index (κ1) is 20.4. The summed E-state index contributed by atoms with van der Waals surface area (Å²) in [4.78, 5) is 36.5. The summed E-state index contributed by atoms with van der Waals surface area (Å²) in [7, 11) is 0. The van der Waals surface area contributed by atoms with E-state index in [1.165, 1.54) is 17.1 Å². The zero-order valence-electron chi connectivity index (χ0n) is 16.5. The third-order valence-corrected chi connectivity index (χ3v) is 4.64. The van der Waals surface area contributed by atoms with E-state index in [9.17, 15) is 14.4 Å². The summed E-state index contributed by atoms with van der Waals surface area (Å²) in [6, 6.07) is 16.7. The van der Waals surface area contributed by atoms with Gasteiger partial charge < -0.3 is 14.5 Å². The smallest absolute Gasteiger partial charge is 0.420 e. The Morgan fingerprint density at radius 3 is 2.52 bits per heavy atom. The normalized spacial score (nSPS) is 13.0. The Bertz CT molecular complexity index is 1040. The lowest BCUT2D eigenvalue weighted by atomic mass is 10.1. The number of rotatable bonds is 8. The molecule has 1 amide bonds. The molecule has 1 aromatic heterocycles. The molecule has 152 valence electrons. The van der Waals surface area contributed by atoms with E-state index in [0.717, 1.165) is 12.8 Å². The van der Waals surface area contributed by atoms with Gasteiger partial charge in [-0.05, 0) is 44.4 Å². The topological polar surface area (TPSA) is 90.5 Å². The second kappa shape index (κ2) is 9.23. The zero-order valence-corrected chi connectivity index (χ0v) is 16.5.